The third kappa shape index (κ3) is 3.81. The monoisotopic (exact) mass is 371 g/mol. The fraction of sp³-hybridized carbons (Fsp3) is 0.550. The molecule has 1 amide bonds. The molecule has 26 heavy (non-hydrogen) atoms. The van der Waals surface area contributed by atoms with Gasteiger partial charge in [0.05, 0.1) is 12.3 Å². The Morgan fingerprint density at radius 1 is 1.38 bits per heavy atom. The maximum atomic E-state index is 12.6. The van der Waals surface area contributed by atoms with Crippen LogP contribution in [0.2, 0.25) is 0 Å². The summed E-state index contributed by atoms with van der Waals surface area (Å²) in [5, 5.41) is 4.22. The average molecular weight is 372 g/mol. The lowest BCUT2D eigenvalue weighted by molar-refractivity contribution is -0.125. The van der Waals surface area contributed by atoms with Gasteiger partial charge in [-0.25, -0.2) is 4.98 Å². The number of fused-ring (bicyclic) bond motifs is 1. The standard InChI is InChI=1S/C20H25N3O2S/c1-2-25-13-20(7-8-20)12-22-18(24)15-3-4-17-16(11-15)23-19(26-17)14-5-9-21-10-6-14/h5-6,9-10,15H,2-4,7-8,11-13H2,1H3,(H,22,24). The van der Waals surface area contributed by atoms with Gasteiger partial charge < -0.3 is 10.1 Å². The number of hydrogen-bond donors (Lipinski definition) is 1. The van der Waals surface area contributed by atoms with E-state index in [-0.39, 0.29) is 17.2 Å². The molecule has 0 spiro atoms. The number of aromatic nitrogens is 2. The Bertz CT molecular complexity index is 771. The number of amides is 1. The van der Waals surface area contributed by atoms with Crippen LogP contribution in [-0.2, 0) is 22.4 Å². The third-order valence-corrected chi connectivity index (χ3v) is 6.65. The van der Waals surface area contributed by atoms with Crippen LogP contribution in [0.25, 0.3) is 10.6 Å². The molecular formula is C20H25N3O2S. The van der Waals surface area contributed by atoms with Crippen LogP contribution in [0.1, 0.15) is 36.8 Å². The van der Waals surface area contributed by atoms with Gasteiger partial charge in [-0.3, -0.25) is 9.78 Å². The highest BCUT2D eigenvalue weighted by Crippen LogP contribution is 2.45. The van der Waals surface area contributed by atoms with Crippen molar-refractivity contribution in [3.05, 3.63) is 35.1 Å². The number of aryl methyl sites for hydroxylation is 1. The maximum Gasteiger partial charge on any atom is 0.223 e. The van der Waals surface area contributed by atoms with E-state index in [1.165, 1.54) is 4.88 Å². The summed E-state index contributed by atoms with van der Waals surface area (Å²) in [4.78, 5) is 22.9. The minimum Gasteiger partial charge on any atom is -0.381 e. The number of rotatable bonds is 7. The highest BCUT2D eigenvalue weighted by atomic mass is 32.1. The summed E-state index contributed by atoms with van der Waals surface area (Å²) in [7, 11) is 0. The molecule has 0 radical (unpaired) electrons. The zero-order valence-corrected chi connectivity index (χ0v) is 16.0. The van der Waals surface area contributed by atoms with Crippen LogP contribution in [0, 0.1) is 11.3 Å². The lowest BCUT2D eigenvalue weighted by Crippen LogP contribution is -2.38. The molecule has 2 aliphatic rings. The van der Waals surface area contributed by atoms with Crippen molar-refractivity contribution >= 4 is 17.2 Å². The van der Waals surface area contributed by atoms with Crippen molar-refractivity contribution < 1.29 is 9.53 Å². The third-order valence-electron chi connectivity index (χ3n) is 5.44. The summed E-state index contributed by atoms with van der Waals surface area (Å²) in [6, 6.07) is 3.98. The van der Waals surface area contributed by atoms with Gasteiger partial charge in [-0.2, -0.15) is 0 Å². The summed E-state index contributed by atoms with van der Waals surface area (Å²) in [5.74, 6) is 0.217. The van der Waals surface area contributed by atoms with E-state index in [9.17, 15) is 4.79 Å². The van der Waals surface area contributed by atoms with Crippen molar-refractivity contribution in [2.24, 2.45) is 11.3 Å². The van der Waals surface area contributed by atoms with Crippen molar-refractivity contribution in [1.82, 2.24) is 15.3 Å². The minimum atomic E-state index is 0.0396. The Labute approximate surface area is 158 Å². The second kappa shape index (κ2) is 7.45. The first-order valence-electron chi connectivity index (χ1n) is 9.43. The number of hydrogen-bond acceptors (Lipinski definition) is 5. The minimum absolute atomic E-state index is 0.0396. The van der Waals surface area contributed by atoms with Crippen LogP contribution in [0.15, 0.2) is 24.5 Å². The molecule has 0 aliphatic heterocycles. The molecule has 2 aliphatic carbocycles. The summed E-state index contributed by atoms with van der Waals surface area (Å²) < 4.78 is 5.57. The Balaban J connectivity index is 1.36. The molecule has 4 rings (SSSR count). The molecule has 0 saturated heterocycles. The topological polar surface area (TPSA) is 64.1 Å². The van der Waals surface area contributed by atoms with Gasteiger partial charge in [-0.05, 0) is 44.7 Å². The second-order valence-corrected chi connectivity index (χ2v) is 8.50. The van der Waals surface area contributed by atoms with E-state index in [0.717, 1.165) is 68.1 Å². The Kier molecular flexibility index (Phi) is 5.05. The summed E-state index contributed by atoms with van der Waals surface area (Å²) in [5.41, 5.74) is 2.40. The Hall–Kier alpha value is -1.79. The molecule has 1 atom stereocenters. The van der Waals surface area contributed by atoms with Crippen LogP contribution in [0.3, 0.4) is 0 Å². The van der Waals surface area contributed by atoms with E-state index in [4.69, 9.17) is 9.72 Å². The van der Waals surface area contributed by atoms with Crippen molar-refractivity contribution in [3.8, 4) is 10.6 Å². The fourth-order valence-electron chi connectivity index (χ4n) is 3.51. The van der Waals surface area contributed by atoms with Crippen LogP contribution < -0.4 is 5.32 Å². The maximum absolute atomic E-state index is 12.6. The molecular weight excluding hydrogens is 346 g/mol. The first-order chi connectivity index (χ1) is 12.7. The SMILES string of the molecule is CCOCC1(CNC(=O)C2CCc3sc(-c4ccncc4)nc3C2)CC1. The summed E-state index contributed by atoms with van der Waals surface area (Å²) in [6.45, 7) is 4.27. The second-order valence-electron chi connectivity index (χ2n) is 7.42. The molecule has 1 saturated carbocycles. The van der Waals surface area contributed by atoms with Gasteiger partial charge in [0.15, 0.2) is 0 Å². The molecule has 6 heteroatoms. The summed E-state index contributed by atoms with van der Waals surface area (Å²) >= 11 is 1.75. The van der Waals surface area contributed by atoms with Crippen molar-refractivity contribution in [3.63, 3.8) is 0 Å². The van der Waals surface area contributed by atoms with Crippen LogP contribution in [0.5, 0.6) is 0 Å². The van der Waals surface area contributed by atoms with Gasteiger partial charge in [-0.1, -0.05) is 0 Å². The quantitative estimate of drug-likeness (QED) is 0.811. The largest absolute Gasteiger partial charge is 0.381 e. The predicted octanol–water partition coefficient (Wildman–Crippen LogP) is 3.24. The van der Waals surface area contributed by atoms with Crippen LogP contribution >= 0.6 is 11.3 Å². The van der Waals surface area contributed by atoms with E-state index in [1.807, 2.05) is 19.1 Å². The van der Waals surface area contributed by atoms with Crippen molar-refractivity contribution in [2.75, 3.05) is 19.8 Å². The summed E-state index contributed by atoms with van der Waals surface area (Å²) in [6.07, 6.45) is 8.51. The van der Waals surface area contributed by atoms with E-state index in [1.54, 1.807) is 23.7 Å². The molecule has 2 aromatic heterocycles. The zero-order valence-electron chi connectivity index (χ0n) is 15.2. The Morgan fingerprint density at radius 3 is 2.92 bits per heavy atom. The molecule has 1 fully saturated rings. The van der Waals surface area contributed by atoms with E-state index in [2.05, 4.69) is 10.3 Å². The van der Waals surface area contributed by atoms with E-state index < -0.39 is 0 Å². The van der Waals surface area contributed by atoms with Gasteiger partial charge >= 0.3 is 0 Å². The Morgan fingerprint density at radius 2 is 2.19 bits per heavy atom. The first kappa shape index (κ1) is 17.6. The number of ether oxygens (including phenoxy) is 1. The van der Waals surface area contributed by atoms with E-state index in [0.29, 0.717) is 0 Å². The fourth-order valence-corrected chi connectivity index (χ4v) is 4.62. The normalized spacial score (nSPS) is 20.4. The molecule has 2 heterocycles. The van der Waals surface area contributed by atoms with Crippen LogP contribution in [0.4, 0.5) is 0 Å². The number of carbonyl (C=O) groups is 1. The first-order valence-corrected chi connectivity index (χ1v) is 10.3. The lowest BCUT2D eigenvalue weighted by atomic mass is 9.90. The van der Waals surface area contributed by atoms with Gasteiger partial charge in [0, 0.05) is 53.7 Å². The van der Waals surface area contributed by atoms with Crippen molar-refractivity contribution in [1.29, 1.82) is 0 Å². The van der Waals surface area contributed by atoms with Gasteiger partial charge in [0.2, 0.25) is 5.91 Å². The van der Waals surface area contributed by atoms with Crippen LogP contribution in [-0.4, -0.2) is 35.6 Å². The molecule has 138 valence electrons. The average Bonchev–Trinajstić information content (AvgIpc) is 3.33. The molecule has 1 unspecified atom stereocenters. The zero-order chi connectivity index (χ0) is 18.0. The van der Waals surface area contributed by atoms with Gasteiger partial charge in [0.1, 0.15) is 5.01 Å². The number of pyridine rings is 1. The smallest absolute Gasteiger partial charge is 0.223 e. The van der Waals surface area contributed by atoms with Crippen molar-refractivity contribution in [2.45, 2.75) is 39.0 Å². The molecule has 0 bridgehead atoms. The molecule has 0 aromatic carbocycles. The number of thiazole rings is 1. The molecule has 2 aromatic rings. The predicted molar refractivity (Wildman–Crippen MR) is 102 cm³/mol. The number of carbonyl (C=O) groups excluding carboxylic acids is 1. The van der Waals surface area contributed by atoms with Gasteiger partial charge in [-0.15, -0.1) is 11.3 Å². The highest BCUT2D eigenvalue weighted by Gasteiger charge is 2.43. The van der Waals surface area contributed by atoms with E-state index >= 15 is 0 Å². The molecule has 1 N–H and O–H groups in total. The number of nitrogens with one attached hydrogen (secondary N) is 1. The molecule has 5 nitrogen and oxygen atoms in total. The number of nitrogens with zero attached hydrogens (tertiary/aromatic N) is 2. The van der Waals surface area contributed by atoms with Gasteiger partial charge in [0.25, 0.3) is 0 Å². The highest BCUT2D eigenvalue weighted by molar-refractivity contribution is 7.15. The lowest BCUT2D eigenvalue weighted by Gasteiger charge is -2.22.